The molecule has 0 fully saturated rings. The lowest BCUT2D eigenvalue weighted by Crippen LogP contribution is -2.21. The highest BCUT2D eigenvalue weighted by atomic mass is 35.5. The first-order chi connectivity index (χ1) is 15.1. The van der Waals surface area contributed by atoms with E-state index in [2.05, 4.69) is 5.32 Å². The molecular formula is C21H20Cl2F3NO5. The lowest BCUT2D eigenvalue weighted by molar-refractivity contribution is -0.137. The summed E-state index contributed by atoms with van der Waals surface area (Å²) in [6.07, 6.45) is -3.88. The molecule has 0 aliphatic rings. The Hall–Kier alpha value is -2.65. The van der Waals surface area contributed by atoms with Crippen LogP contribution in [0.3, 0.4) is 0 Å². The Kier molecular flexibility index (Phi) is 9.03. The summed E-state index contributed by atoms with van der Waals surface area (Å²) in [5, 5.41) is 2.20. The number of benzene rings is 2. The summed E-state index contributed by atoms with van der Waals surface area (Å²) in [6.45, 7) is 3.57. The third-order valence-corrected chi connectivity index (χ3v) is 4.51. The number of hydrogen-bond donors (Lipinski definition) is 1. The minimum absolute atomic E-state index is 0.00667. The summed E-state index contributed by atoms with van der Waals surface area (Å²) in [6, 6.07) is 5.14. The van der Waals surface area contributed by atoms with E-state index >= 15 is 0 Å². The molecule has 0 saturated carbocycles. The van der Waals surface area contributed by atoms with Gasteiger partial charge in [-0.05, 0) is 43.7 Å². The van der Waals surface area contributed by atoms with Gasteiger partial charge in [-0.3, -0.25) is 4.79 Å². The van der Waals surface area contributed by atoms with Crippen LogP contribution in [-0.2, 0) is 15.7 Å². The zero-order valence-corrected chi connectivity index (χ0v) is 18.7. The van der Waals surface area contributed by atoms with E-state index in [0.717, 1.165) is 18.6 Å². The van der Waals surface area contributed by atoms with Crippen molar-refractivity contribution in [3.05, 3.63) is 51.5 Å². The predicted molar refractivity (Wildman–Crippen MR) is 114 cm³/mol. The number of hydrogen-bond acceptors (Lipinski definition) is 5. The number of anilines is 1. The fourth-order valence-corrected chi connectivity index (χ4v) is 2.92. The van der Waals surface area contributed by atoms with E-state index in [4.69, 9.17) is 37.4 Å². The molecule has 1 amide bonds. The van der Waals surface area contributed by atoms with Gasteiger partial charge in [0.25, 0.3) is 5.91 Å². The van der Waals surface area contributed by atoms with Crippen LogP contribution in [0.5, 0.6) is 11.5 Å². The van der Waals surface area contributed by atoms with Crippen molar-refractivity contribution >= 4 is 40.8 Å². The minimum Gasteiger partial charge on any atom is -0.490 e. The average Bonchev–Trinajstić information content (AvgIpc) is 2.72. The van der Waals surface area contributed by atoms with Crippen LogP contribution in [0, 0.1) is 0 Å². The molecule has 0 spiro atoms. The maximum atomic E-state index is 12.8. The van der Waals surface area contributed by atoms with Crippen LogP contribution < -0.4 is 14.8 Å². The Morgan fingerprint density at radius 2 is 1.75 bits per heavy atom. The van der Waals surface area contributed by atoms with Gasteiger partial charge >= 0.3 is 12.1 Å². The maximum absolute atomic E-state index is 12.8. The highest BCUT2D eigenvalue weighted by Crippen LogP contribution is 2.37. The molecule has 0 bridgehead atoms. The molecule has 0 aromatic heterocycles. The first-order valence-corrected chi connectivity index (χ1v) is 10.2. The fraction of sp³-hybridized carbons (Fsp3) is 0.333. The second-order valence-electron chi connectivity index (χ2n) is 6.38. The SMILES string of the molecule is CCCOc1c(Cl)cc(C(=O)OCC(=O)Nc2cc(C(F)(F)F)ccc2Cl)cc1OCC. The third-order valence-electron chi connectivity index (χ3n) is 3.90. The highest BCUT2D eigenvalue weighted by Gasteiger charge is 2.31. The smallest absolute Gasteiger partial charge is 0.416 e. The average molecular weight is 494 g/mol. The standard InChI is InChI=1S/C21H20Cl2F3NO5/c1-3-7-31-19-15(23)8-12(9-17(19)30-4-2)20(29)32-11-18(28)27-16-10-13(21(24,25)26)5-6-14(16)22/h5-6,8-10H,3-4,7,11H2,1-2H3,(H,27,28). The van der Waals surface area contributed by atoms with Crippen molar-refractivity contribution in [1.29, 1.82) is 0 Å². The number of carbonyl (C=O) groups is 2. The van der Waals surface area contributed by atoms with Gasteiger partial charge in [0.2, 0.25) is 0 Å². The molecule has 2 aromatic rings. The monoisotopic (exact) mass is 493 g/mol. The van der Waals surface area contributed by atoms with Crippen LogP contribution in [0.15, 0.2) is 30.3 Å². The molecule has 0 aliphatic carbocycles. The molecule has 11 heteroatoms. The van der Waals surface area contributed by atoms with Crippen LogP contribution in [0.1, 0.15) is 36.2 Å². The summed E-state index contributed by atoms with van der Waals surface area (Å²) in [7, 11) is 0. The molecular weight excluding hydrogens is 474 g/mol. The van der Waals surface area contributed by atoms with Gasteiger partial charge in [0.15, 0.2) is 18.1 Å². The van der Waals surface area contributed by atoms with E-state index in [1.54, 1.807) is 6.92 Å². The van der Waals surface area contributed by atoms with Crippen LogP contribution in [-0.4, -0.2) is 31.7 Å². The highest BCUT2D eigenvalue weighted by molar-refractivity contribution is 6.33. The maximum Gasteiger partial charge on any atom is 0.416 e. The van der Waals surface area contributed by atoms with Gasteiger partial charge in [0.1, 0.15) is 0 Å². The third kappa shape index (κ3) is 6.93. The Morgan fingerprint density at radius 3 is 2.38 bits per heavy atom. The molecule has 0 aliphatic heterocycles. The zero-order chi connectivity index (χ0) is 23.9. The molecule has 0 radical (unpaired) electrons. The summed E-state index contributed by atoms with van der Waals surface area (Å²) in [4.78, 5) is 24.4. The lowest BCUT2D eigenvalue weighted by atomic mass is 10.2. The van der Waals surface area contributed by atoms with E-state index in [1.165, 1.54) is 12.1 Å². The first kappa shape index (κ1) is 25.6. The summed E-state index contributed by atoms with van der Waals surface area (Å²) in [5.74, 6) is -1.25. The fourth-order valence-electron chi connectivity index (χ4n) is 2.49. The van der Waals surface area contributed by atoms with Crippen molar-refractivity contribution in [2.45, 2.75) is 26.4 Å². The quantitative estimate of drug-likeness (QED) is 0.434. The van der Waals surface area contributed by atoms with Gasteiger partial charge in [0.05, 0.1) is 40.1 Å². The van der Waals surface area contributed by atoms with Gasteiger partial charge < -0.3 is 19.5 Å². The first-order valence-electron chi connectivity index (χ1n) is 9.49. The summed E-state index contributed by atoms with van der Waals surface area (Å²) < 4.78 is 54.5. The second kappa shape index (κ2) is 11.3. The molecule has 2 rings (SSSR count). The second-order valence-corrected chi connectivity index (χ2v) is 7.20. The van der Waals surface area contributed by atoms with E-state index < -0.39 is 30.2 Å². The van der Waals surface area contributed by atoms with Gasteiger partial charge in [-0.1, -0.05) is 30.1 Å². The van der Waals surface area contributed by atoms with Crippen LogP contribution in [0.2, 0.25) is 10.0 Å². The number of esters is 1. The number of amides is 1. The Bertz CT molecular complexity index is 983. The van der Waals surface area contributed by atoms with Gasteiger partial charge in [-0.15, -0.1) is 0 Å². The van der Waals surface area contributed by atoms with E-state index in [0.29, 0.717) is 12.7 Å². The molecule has 0 unspecified atom stereocenters. The lowest BCUT2D eigenvalue weighted by Gasteiger charge is -2.15. The topological polar surface area (TPSA) is 73.9 Å². The number of alkyl halides is 3. The zero-order valence-electron chi connectivity index (χ0n) is 17.1. The predicted octanol–water partition coefficient (Wildman–Crippen LogP) is 6.00. The van der Waals surface area contributed by atoms with Crippen LogP contribution in [0.25, 0.3) is 0 Å². The summed E-state index contributed by atoms with van der Waals surface area (Å²) in [5.41, 5.74) is -1.24. The number of rotatable bonds is 9. The largest absolute Gasteiger partial charge is 0.490 e. The van der Waals surface area contributed by atoms with Crippen molar-refractivity contribution in [2.24, 2.45) is 0 Å². The Balaban J connectivity index is 2.08. The molecule has 0 atom stereocenters. The van der Waals surface area contributed by atoms with Crippen molar-refractivity contribution in [3.8, 4) is 11.5 Å². The van der Waals surface area contributed by atoms with Crippen molar-refractivity contribution in [2.75, 3.05) is 25.1 Å². The molecule has 0 saturated heterocycles. The van der Waals surface area contributed by atoms with Crippen molar-refractivity contribution in [3.63, 3.8) is 0 Å². The van der Waals surface area contributed by atoms with E-state index in [-0.39, 0.29) is 39.4 Å². The van der Waals surface area contributed by atoms with Crippen LogP contribution >= 0.6 is 23.2 Å². The molecule has 1 N–H and O–H groups in total. The Labute approximate surface area is 192 Å². The number of carbonyl (C=O) groups excluding carboxylic acids is 2. The van der Waals surface area contributed by atoms with Gasteiger partial charge in [-0.2, -0.15) is 13.2 Å². The molecule has 32 heavy (non-hydrogen) atoms. The molecule has 6 nitrogen and oxygen atoms in total. The molecule has 2 aromatic carbocycles. The minimum atomic E-state index is -4.61. The number of nitrogens with one attached hydrogen (secondary N) is 1. The van der Waals surface area contributed by atoms with Crippen LogP contribution in [0.4, 0.5) is 18.9 Å². The van der Waals surface area contributed by atoms with Crippen molar-refractivity contribution < 1.29 is 37.0 Å². The summed E-state index contributed by atoms with van der Waals surface area (Å²) >= 11 is 12.0. The van der Waals surface area contributed by atoms with E-state index in [9.17, 15) is 22.8 Å². The van der Waals surface area contributed by atoms with Gasteiger partial charge in [0, 0.05) is 0 Å². The van der Waals surface area contributed by atoms with Crippen molar-refractivity contribution in [1.82, 2.24) is 0 Å². The van der Waals surface area contributed by atoms with E-state index in [1.807, 2.05) is 6.92 Å². The molecule has 0 heterocycles. The van der Waals surface area contributed by atoms with Gasteiger partial charge in [-0.25, -0.2) is 4.79 Å². The normalized spacial score (nSPS) is 11.1. The number of ether oxygens (including phenoxy) is 3. The number of halogens is 5. The molecule has 174 valence electrons. The Morgan fingerprint density at radius 1 is 1.03 bits per heavy atom.